The predicted molar refractivity (Wildman–Crippen MR) is 88.5 cm³/mol. The molecule has 0 aliphatic heterocycles. The first kappa shape index (κ1) is 17.2. The number of carbonyl (C=O) groups is 1. The minimum absolute atomic E-state index is 0.0685. The van der Waals surface area contributed by atoms with E-state index in [1.807, 2.05) is 0 Å². The van der Waals surface area contributed by atoms with Crippen LogP contribution in [0.1, 0.15) is 31.1 Å². The van der Waals surface area contributed by atoms with Crippen molar-refractivity contribution < 1.29 is 9.90 Å². The molecule has 23 heavy (non-hydrogen) atoms. The number of aliphatic hydroxyl groups is 1. The third-order valence-corrected chi connectivity index (χ3v) is 3.85. The average molecular weight is 336 g/mol. The normalized spacial score (nSPS) is 12.7. The van der Waals surface area contributed by atoms with Crippen molar-refractivity contribution in [3.05, 3.63) is 51.3 Å². The molecule has 0 saturated heterocycles. The number of nitrogens with zero attached hydrogens (tertiary/aromatic N) is 1. The summed E-state index contributed by atoms with van der Waals surface area (Å²) in [5.74, 6) is -0.571. The number of amides is 1. The fraction of sp³-hybridized carbons (Fsp3) is 0.312. The smallest absolute Gasteiger partial charge is 0.277 e. The van der Waals surface area contributed by atoms with E-state index in [1.165, 1.54) is 6.07 Å². The van der Waals surface area contributed by atoms with Gasteiger partial charge in [-0.05, 0) is 39.0 Å². The van der Waals surface area contributed by atoms with Crippen molar-refractivity contribution in [2.24, 2.45) is 0 Å². The Morgan fingerprint density at radius 2 is 1.96 bits per heavy atom. The fourth-order valence-electron chi connectivity index (χ4n) is 1.79. The maximum Gasteiger partial charge on any atom is 0.277 e. The molecular weight excluding hydrogens is 318 g/mol. The van der Waals surface area contributed by atoms with Crippen LogP contribution in [-0.4, -0.2) is 32.9 Å². The number of halogens is 1. The van der Waals surface area contributed by atoms with Gasteiger partial charge >= 0.3 is 0 Å². The standard InChI is InChI=1S/C16H18ClN3O3/c1-9(16(2,3)23)18-14(21)12-8-13(19-20-15(12)22)10-4-6-11(17)7-5-10/h4-9,23H,1-3H3,(H,18,21)(H,20,22)/t9-/m1/s1. The van der Waals surface area contributed by atoms with Crippen LogP contribution in [0.2, 0.25) is 5.02 Å². The number of nitrogens with one attached hydrogen (secondary N) is 2. The first-order chi connectivity index (χ1) is 10.7. The zero-order chi connectivity index (χ0) is 17.2. The van der Waals surface area contributed by atoms with Crippen LogP contribution in [0.5, 0.6) is 0 Å². The second-order valence-corrected chi connectivity index (χ2v) is 6.29. The highest BCUT2D eigenvalue weighted by molar-refractivity contribution is 6.30. The number of hydrogen-bond acceptors (Lipinski definition) is 4. The van der Waals surface area contributed by atoms with E-state index in [0.717, 1.165) is 5.56 Å². The Kier molecular flexibility index (Phi) is 4.87. The highest BCUT2D eigenvalue weighted by atomic mass is 35.5. The molecule has 6 nitrogen and oxygen atoms in total. The molecule has 0 fully saturated rings. The molecule has 2 rings (SSSR count). The number of H-pyrrole nitrogens is 1. The Labute approximate surface area is 138 Å². The lowest BCUT2D eigenvalue weighted by molar-refractivity contribution is 0.0408. The molecule has 0 radical (unpaired) electrons. The summed E-state index contributed by atoms with van der Waals surface area (Å²) >= 11 is 5.84. The van der Waals surface area contributed by atoms with Gasteiger partial charge in [0.2, 0.25) is 0 Å². The summed E-state index contributed by atoms with van der Waals surface area (Å²) in [6.07, 6.45) is 0. The molecule has 1 heterocycles. The Hall–Kier alpha value is -2.18. The molecule has 0 spiro atoms. The number of carbonyl (C=O) groups excluding carboxylic acids is 1. The lowest BCUT2D eigenvalue weighted by Crippen LogP contribution is -2.48. The highest BCUT2D eigenvalue weighted by Crippen LogP contribution is 2.19. The summed E-state index contributed by atoms with van der Waals surface area (Å²) in [7, 11) is 0. The number of benzene rings is 1. The van der Waals surface area contributed by atoms with Crippen LogP contribution in [0.15, 0.2) is 35.1 Å². The summed E-state index contributed by atoms with van der Waals surface area (Å²) in [5.41, 5.74) is -0.601. The van der Waals surface area contributed by atoms with Crippen molar-refractivity contribution in [1.29, 1.82) is 0 Å². The Morgan fingerprint density at radius 1 is 1.35 bits per heavy atom. The maximum atomic E-state index is 12.3. The molecular formula is C16H18ClN3O3. The molecule has 1 amide bonds. The molecule has 1 aromatic heterocycles. The number of aromatic amines is 1. The minimum atomic E-state index is -1.10. The van der Waals surface area contributed by atoms with E-state index in [-0.39, 0.29) is 5.56 Å². The topological polar surface area (TPSA) is 95.1 Å². The van der Waals surface area contributed by atoms with Gasteiger partial charge in [0, 0.05) is 10.6 Å². The van der Waals surface area contributed by atoms with Gasteiger partial charge in [0.1, 0.15) is 5.56 Å². The molecule has 122 valence electrons. The molecule has 0 unspecified atom stereocenters. The van der Waals surface area contributed by atoms with Gasteiger partial charge in [-0.3, -0.25) is 9.59 Å². The molecule has 0 saturated carbocycles. The van der Waals surface area contributed by atoms with E-state index in [0.29, 0.717) is 10.7 Å². The SMILES string of the molecule is C[C@@H](NC(=O)c1cc(-c2ccc(Cl)cc2)n[nH]c1=O)C(C)(C)O. The molecule has 1 aromatic carbocycles. The van der Waals surface area contributed by atoms with Crippen molar-refractivity contribution in [2.75, 3.05) is 0 Å². The lowest BCUT2D eigenvalue weighted by Gasteiger charge is -2.26. The van der Waals surface area contributed by atoms with Crippen LogP contribution in [0.4, 0.5) is 0 Å². The Bertz CT molecular complexity index is 763. The van der Waals surface area contributed by atoms with E-state index in [9.17, 15) is 14.7 Å². The van der Waals surface area contributed by atoms with E-state index in [2.05, 4.69) is 15.5 Å². The second kappa shape index (κ2) is 6.52. The maximum absolute atomic E-state index is 12.3. The first-order valence-electron chi connectivity index (χ1n) is 7.07. The largest absolute Gasteiger partial charge is 0.388 e. The van der Waals surface area contributed by atoms with Crippen LogP contribution in [-0.2, 0) is 0 Å². The molecule has 2 aromatic rings. The van der Waals surface area contributed by atoms with Gasteiger partial charge in [-0.15, -0.1) is 0 Å². The zero-order valence-corrected chi connectivity index (χ0v) is 13.8. The fourth-order valence-corrected chi connectivity index (χ4v) is 1.92. The summed E-state index contributed by atoms with van der Waals surface area (Å²) in [6, 6.07) is 7.75. The van der Waals surface area contributed by atoms with Crippen molar-refractivity contribution in [3.63, 3.8) is 0 Å². The van der Waals surface area contributed by atoms with Gasteiger partial charge in [-0.2, -0.15) is 5.10 Å². The highest BCUT2D eigenvalue weighted by Gasteiger charge is 2.25. The van der Waals surface area contributed by atoms with Gasteiger partial charge < -0.3 is 10.4 Å². The quantitative estimate of drug-likeness (QED) is 0.796. The Balaban J connectivity index is 2.32. The van der Waals surface area contributed by atoms with Gasteiger partial charge in [-0.1, -0.05) is 23.7 Å². The molecule has 0 aliphatic carbocycles. The zero-order valence-electron chi connectivity index (χ0n) is 13.1. The predicted octanol–water partition coefficient (Wildman–Crippen LogP) is 1.98. The van der Waals surface area contributed by atoms with Gasteiger partial charge in [0.05, 0.1) is 17.3 Å². The average Bonchev–Trinajstić information content (AvgIpc) is 2.47. The number of rotatable bonds is 4. The van der Waals surface area contributed by atoms with Crippen LogP contribution >= 0.6 is 11.6 Å². The number of hydrogen-bond donors (Lipinski definition) is 3. The molecule has 0 aliphatic rings. The second-order valence-electron chi connectivity index (χ2n) is 5.85. The van der Waals surface area contributed by atoms with Crippen LogP contribution < -0.4 is 10.9 Å². The monoisotopic (exact) mass is 335 g/mol. The van der Waals surface area contributed by atoms with Crippen LogP contribution in [0.3, 0.4) is 0 Å². The molecule has 1 atom stereocenters. The van der Waals surface area contributed by atoms with E-state index in [1.54, 1.807) is 45.0 Å². The minimum Gasteiger partial charge on any atom is -0.388 e. The summed E-state index contributed by atoms with van der Waals surface area (Å²) in [4.78, 5) is 24.1. The van der Waals surface area contributed by atoms with Crippen molar-refractivity contribution in [1.82, 2.24) is 15.5 Å². The number of aromatic nitrogens is 2. The van der Waals surface area contributed by atoms with Crippen LogP contribution in [0, 0.1) is 0 Å². The third kappa shape index (κ3) is 4.18. The van der Waals surface area contributed by atoms with Crippen molar-refractivity contribution in [3.8, 4) is 11.3 Å². The van der Waals surface area contributed by atoms with E-state index < -0.39 is 23.1 Å². The van der Waals surface area contributed by atoms with Crippen molar-refractivity contribution in [2.45, 2.75) is 32.4 Å². The van der Waals surface area contributed by atoms with Gasteiger partial charge in [0.25, 0.3) is 11.5 Å². The lowest BCUT2D eigenvalue weighted by atomic mass is 10.0. The Morgan fingerprint density at radius 3 is 2.52 bits per heavy atom. The first-order valence-corrected chi connectivity index (χ1v) is 7.45. The summed E-state index contributed by atoms with van der Waals surface area (Å²) in [5, 5.41) is 19.3. The van der Waals surface area contributed by atoms with Gasteiger partial charge in [0.15, 0.2) is 0 Å². The summed E-state index contributed by atoms with van der Waals surface area (Å²) < 4.78 is 0. The molecule has 3 N–H and O–H groups in total. The van der Waals surface area contributed by atoms with E-state index >= 15 is 0 Å². The molecule has 7 heteroatoms. The van der Waals surface area contributed by atoms with E-state index in [4.69, 9.17) is 11.6 Å². The van der Waals surface area contributed by atoms with Crippen molar-refractivity contribution >= 4 is 17.5 Å². The van der Waals surface area contributed by atoms with Crippen LogP contribution in [0.25, 0.3) is 11.3 Å². The molecule has 0 bridgehead atoms. The van der Waals surface area contributed by atoms with Gasteiger partial charge in [-0.25, -0.2) is 5.10 Å². The third-order valence-electron chi connectivity index (χ3n) is 3.60. The summed E-state index contributed by atoms with van der Waals surface area (Å²) in [6.45, 7) is 4.81.